The van der Waals surface area contributed by atoms with Gasteiger partial charge in [0, 0.05) is 18.3 Å². The van der Waals surface area contributed by atoms with Crippen LogP contribution in [0.15, 0.2) is 24.8 Å². The second-order valence-electron chi connectivity index (χ2n) is 2.68. The van der Waals surface area contributed by atoms with Gasteiger partial charge in [-0.15, -0.1) is 0 Å². The van der Waals surface area contributed by atoms with Crippen LogP contribution in [-0.4, -0.2) is 19.9 Å². The van der Waals surface area contributed by atoms with E-state index < -0.39 is 0 Å². The number of carbonyl (C=O) groups excluding carboxylic acids is 1. The largest absolute Gasteiger partial charge is 0.486 e. The number of hydrogen-bond donors (Lipinski definition) is 1. The van der Waals surface area contributed by atoms with Gasteiger partial charge in [-0.3, -0.25) is 4.79 Å². The number of hydrogen-bond acceptors (Lipinski definition) is 3. The molecule has 1 rings (SSSR count). The lowest BCUT2D eigenvalue weighted by Crippen LogP contribution is -1.98. The summed E-state index contributed by atoms with van der Waals surface area (Å²) < 4.78 is 5.15. The summed E-state index contributed by atoms with van der Waals surface area (Å²) in [5.74, 6) is 0.672. The molecule has 3 heteroatoms. The summed E-state index contributed by atoms with van der Waals surface area (Å²) in [6, 6.07) is 5.53. The molecule has 1 aromatic carbocycles. The van der Waals surface area contributed by atoms with Gasteiger partial charge in [0.25, 0.3) is 0 Å². The average molecular weight is 191 g/mol. The lowest BCUT2D eigenvalue weighted by molar-refractivity contribution is -0.109. The summed E-state index contributed by atoms with van der Waals surface area (Å²) in [4.78, 5) is 10.1. The topological polar surface area (TPSA) is 38.3 Å². The molecule has 14 heavy (non-hydrogen) atoms. The van der Waals surface area contributed by atoms with Gasteiger partial charge in [-0.1, -0.05) is 12.7 Å². The van der Waals surface area contributed by atoms with E-state index in [2.05, 4.69) is 11.9 Å². The van der Waals surface area contributed by atoms with Gasteiger partial charge in [0.1, 0.15) is 12.4 Å². The van der Waals surface area contributed by atoms with E-state index in [4.69, 9.17) is 4.74 Å². The van der Waals surface area contributed by atoms with E-state index in [9.17, 15) is 4.79 Å². The third-order valence-electron chi connectivity index (χ3n) is 1.83. The molecule has 0 radical (unpaired) electrons. The molecule has 0 heterocycles. The van der Waals surface area contributed by atoms with E-state index in [1.807, 2.05) is 25.2 Å². The zero-order valence-corrected chi connectivity index (χ0v) is 8.12. The van der Waals surface area contributed by atoms with Gasteiger partial charge >= 0.3 is 0 Å². The molecule has 0 atom stereocenters. The van der Waals surface area contributed by atoms with Crippen LogP contribution < -0.4 is 10.1 Å². The molecule has 74 valence electrons. The Bertz CT molecular complexity index is 334. The van der Waals surface area contributed by atoms with Crippen LogP contribution >= 0.6 is 0 Å². The highest BCUT2D eigenvalue weighted by Gasteiger charge is 1.99. The van der Waals surface area contributed by atoms with Crippen molar-refractivity contribution in [1.29, 1.82) is 0 Å². The highest BCUT2D eigenvalue weighted by molar-refractivity contribution is 5.67. The van der Waals surface area contributed by atoms with Crippen LogP contribution in [0.25, 0.3) is 6.08 Å². The molecule has 0 fully saturated rings. The van der Waals surface area contributed by atoms with Crippen molar-refractivity contribution in [1.82, 2.24) is 0 Å². The number of benzene rings is 1. The summed E-state index contributed by atoms with van der Waals surface area (Å²) in [6.07, 6.45) is 2.46. The third-order valence-corrected chi connectivity index (χ3v) is 1.83. The van der Waals surface area contributed by atoms with Gasteiger partial charge < -0.3 is 10.1 Å². The molecule has 0 bridgehead atoms. The quantitative estimate of drug-likeness (QED) is 0.723. The minimum atomic E-state index is 0.0789. The first-order chi connectivity index (χ1) is 6.81. The molecule has 1 N–H and O–H groups in total. The molecule has 3 nitrogen and oxygen atoms in total. The zero-order valence-electron chi connectivity index (χ0n) is 8.12. The smallest absolute Gasteiger partial charge is 0.157 e. The molecule has 0 aliphatic heterocycles. The molecule has 0 saturated carbocycles. The molecule has 0 unspecified atom stereocenters. The summed E-state index contributed by atoms with van der Waals surface area (Å²) in [7, 11) is 1.84. The summed E-state index contributed by atoms with van der Waals surface area (Å²) >= 11 is 0. The fourth-order valence-electron chi connectivity index (χ4n) is 1.16. The third kappa shape index (κ3) is 2.36. The molecule has 0 aromatic heterocycles. The molecular weight excluding hydrogens is 178 g/mol. The van der Waals surface area contributed by atoms with Crippen molar-refractivity contribution >= 4 is 18.0 Å². The van der Waals surface area contributed by atoms with Crippen molar-refractivity contribution in [3.63, 3.8) is 0 Å². The zero-order chi connectivity index (χ0) is 10.4. The Morgan fingerprint density at radius 3 is 2.93 bits per heavy atom. The first-order valence-corrected chi connectivity index (χ1v) is 4.32. The van der Waals surface area contributed by atoms with Crippen LogP contribution in [0.2, 0.25) is 0 Å². The van der Waals surface area contributed by atoms with E-state index in [1.165, 1.54) is 0 Å². The predicted molar refractivity (Wildman–Crippen MR) is 57.6 cm³/mol. The van der Waals surface area contributed by atoms with Crippen LogP contribution in [0, 0.1) is 0 Å². The minimum Gasteiger partial charge on any atom is -0.486 e. The molecular formula is C11H13NO2. The van der Waals surface area contributed by atoms with Crippen LogP contribution in [0.3, 0.4) is 0 Å². The monoisotopic (exact) mass is 191 g/mol. The molecule has 1 aromatic rings. The Morgan fingerprint density at radius 1 is 1.57 bits per heavy atom. The molecule has 0 saturated heterocycles. The second kappa shape index (κ2) is 5.07. The van der Waals surface area contributed by atoms with Crippen molar-refractivity contribution in [3.8, 4) is 5.75 Å². The van der Waals surface area contributed by atoms with Gasteiger partial charge in [-0.25, -0.2) is 0 Å². The fourth-order valence-corrected chi connectivity index (χ4v) is 1.16. The number of ether oxygens (including phenoxy) is 1. The second-order valence-corrected chi connectivity index (χ2v) is 2.68. The Balaban J connectivity index is 2.89. The maximum Gasteiger partial charge on any atom is 0.157 e. The van der Waals surface area contributed by atoms with E-state index in [1.54, 1.807) is 6.08 Å². The maximum atomic E-state index is 10.1. The van der Waals surface area contributed by atoms with Crippen molar-refractivity contribution in [2.75, 3.05) is 19.0 Å². The number of rotatable bonds is 5. The molecule has 0 amide bonds. The van der Waals surface area contributed by atoms with E-state index in [0.717, 1.165) is 17.5 Å². The Hall–Kier alpha value is -1.77. The molecule has 0 aliphatic rings. The number of nitrogens with one attached hydrogen (secondary N) is 1. The Morgan fingerprint density at radius 2 is 2.36 bits per heavy atom. The van der Waals surface area contributed by atoms with Crippen LogP contribution in [0.5, 0.6) is 5.75 Å². The van der Waals surface area contributed by atoms with Gasteiger partial charge in [-0.2, -0.15) is 0 Å². The highest BCUT2D eigenvalue weighted by Crippen LogP contribution is 2.22. The van der Waals surface area contributed by atoms with Gasteiger partial charge in [0.15, 0.2) is 6.29 Å². The lowest BCUT2D eigenvalue weighted by atomic mass is 10.1. The standard InChI is InChI=1S/C11H13NO2/c1-3-9-8-10(14-7-6-13)4-5-11(9)12-2/h3-6,8,12H,1,7H2,2H3. The molecule has 0 spiro atoms. The van der Waals surface area contributed by atoms with Crippen LogP contribution in [-0.2, 0) is 4.79 Å². The summed E-state index contributed by atoms with van der Waals surface area (Å²) in [5, 5.41) is 3.03. The van der Waals surface area contributed by atoms with Crippen molar-refractivity contribution in [3.05, 3.63) is 30.3 Å². The maximum absolute atomic E-state index is 10.1. The van der Waals surface area contributed by atoms with Gasteiger partial charge in [0.2, 0.25) is 0 Å². The number of carbonyl (C=O) groups is 1. The van der Waals surface area contributed by atoms with Crippen molar-refractivity contribution in [2.45, 2.75) is 0 Å². The van der Waals surface area contributed by atoms with Crippen LogP contribution in [0.4, 0.5) is 5.69 Å². The predicted octanol–water partition coefficient (Wildman–Crippen LogP) is 1.95. The highest BCUT2D eigenvalue weighted by atomic mass is 16.5. The SMILES string of the molecule is C=Cc1cc(OCC=O)ccc1NC. The summed E-state index contributed by atoms with van der Waals surface area (Å²) in [6.45, 7) is 3.77. The van der Waals surface area contributed by atoms with Crippen LogP contribution in [0.1, 0.15) is 5.56 Å². The fraction of sp³-hybridized carbons (Fsp3) is 0.182. The molecule has 0 aliphatic carbocycles. The van der Waals surface area contributed by atoms with Crippen molar-refractivity contribution in [2.24, 2.45) is 0 Å². The van der Waals surface area contributed by atoms with E-state index in [-0.39, 0.29) is 6.61 Å². The first-order valence-electron chi connectivity index (χ1n) is 4.32. The lowest BCUT2D eigenvalue weighted by Gasteiger charge is -2.08. The number of aldehydes is 1. The summed E-state index contributed by atoms with van der Waals surface area (Å²) in [5.41, 5.74) is 1.94. The number of anilines is 1. The van der Waals surface area contributed by atoms with E-state index in [0.29, 0.717) is 5.75 Å². The van der Waals surface area contributed by atoms with Crippen molar-refractivity contribution < 1.29 is 9.53 Å². The Kier molecular flexibility index (Phi) is 3.73. The normalized spacial score (nSPS) is 9.21. The Labute approximate surface area is 83.4 Å². The minimum absolute atomic E-state index is 0.0789. The van der Waals surface area contributed by atoms with Gasteiger partial charge in [0.05, 0.1) is 0 Å². The first kappa shape index (κ1) is 10.3. The van der Waals surface area contributed by atoms with Gasteiger partial charge in [-0.05, 0) is 18.2 Å². The average Bonchev–Trinajstić information content (AvgIpc) is 2.25. The van der Waals surface area contributed by atoms with E-state index >= 15 is 0 Å².